The molecule has 1 aromatic heterocycles. The standard InChI is InChI=1S/C21H22N6O3/c1-15-22-23-24-27(15)18-5-3-2-4-17(18)21(28)26-10-8-25(9-11-26)13-16-6-7-19-20(12-16)30-14-29-19/h2-7,12H,8-11,13-14H2,1H3. The number of tetrazole rings is 1. The lowest BCUT2D eigenvalue weighted by molar-refractivity contribution is 0.0628. The fourth-order valence-electron chi connectivity index (χ4n) is 3.87. The molecule has 3 aromatic rings. The topological polar surface area (TPSA) is 85.6 Å². The van der Waals surface area contributed by atoms with Gasteiger partial charge in [-0.25, -0.2) is 0 Å². The van der Waals surface area contributed by atoms with E-state index in [4.69, 9.17) is 9.47 Å². The first-order valence-electron chi connectivity index (χ1n) is 9.93. The van der Waals surface area contributed by atoms with Crippen molar-refractivity contribution in [1.82, 2.24) is 30.0 Å². The van der Waals surface area contributed by atoms with Crippen LogP contribution < -0.4 is 9.47 Å². The average Bonchev–Trinajstić information content (AvgIpc) is 3.42. The molecule has 0 aliphatic carbocycles. The van der Waals surface area contributed by atoms with Crippen LogP contribution in [0.1, 0.15) is 21.7 Å². The van der Waals surface area contributed by atoms with Gasteiger partial charge < -0.3 is 14.4 Å². The van der Waals surface area contributed by atoms with Crippen molar-refractivity contribution < 1.29 is 14.3 Å². The van der Waals surface area contributed by atoms with E-state index in [1.165, 1.54) is 5.56 Å². The summed E-state index contributed by atoms with van der Waals surface area (Å²) in [5.41, 5.74) is 2.49. The predicted octanol–water partition coefficient (Wildman–Crippen LogP) is 1.66. The summed E-state index contributed by atoms with van der Waals surface area (Å²) in [5.74, 6) is 2.24. The number of ether oxygens (including phenoxy) is 2. The van der Waals surface area contributed by atoms with Crippen LogP contribution in [0.4, 0.5) is 0 Å². The van der Waals surface area contributed by atoms with E-state index in [0.29, 0.717) is 30.2 Å². The molecule has 5 rings (SSSR count). The lowest BCUT2D eigenvalue weighted by Crippen LogP contribution is -2.48. The highest BCUT2D eigenvalue weighted by atomic mass is 16.7. The zero-order valence-electron chi connectivity index (χ0n) is 16.7. The van der Waals surface area contributed by atoms with Gasteiger partial charge in [-0.15, -0.1) is 5.10 Å². The lowest BCUT2D eigenvalue weighted by Gasteiger charge is -2.35. The van der Waals surface area contributed by atoms with E-state index >= 15 is 0 Å². The van der Waals surface area contributed by atoms with Crippen LogP contribution in [0.5, 0.6) is 11.5 Å². The summed E-state index contributed by atoms with van der Waals surface area (Å²) in [4.78, 5) is 17.5. The van der Waals surface area contributed by atoms with E-state index < -0.39 is 0 Å². The van der Waals surface area contributed by atoms with E-state index in [9.17, 15) is 4.79 Å². The summed E-state index contributed by atoms with van der Waals surface area (Å²) in [5, 5.41) is 11.6. The maximum atomic E-state index is 13.2. The molecule has 0 radical (unpaired) electrons. The fourth-order valence-corrected chi connectivity index (χ4v) is 3.87. The minimum atomic E-state index is 0.00299. The number of aromatic nitrogens is 4. The van der Waals surface area contributed by atoms with Gasteiger partial charge in [-0.05, 0) is 47.2 Å². The second kappa shape index (κ2) is 7.75. The van der Waals surface area contributed by atoms with Crippen LogP contribution in [-0.4, -0.2) is 68.9 Å². The molecule has 2 aliphatic heterocycles. The molecule has 3 heterocycles. The molecule has 2 aromatic carbocycles. The molecule has 9 heteroatoms. The lowest BCUT2D eigenvalue weighted by atomic mass is 10.1. The number of carbonyl (C=O) groups is 1. The molecule has 2 aliphatic rings. The van der Waals surface area contributed by atoms with Crippen LogP contribution in [0.25, 0.3) is 5.69 Å². The van der Waals surface area contributed by atoms with Gasteiger partial charge in [0, 0.05) is 32.7 Å². The largest absolute Gasteiger partial charge is 0.454 e. The summed E-state index contributed by atoms with van der Waals surface area (Å²) in [6.07, 6.45) is 0. The second-order valence-electron chi connectivity index (χ2n) is 7.41. The number of carbonyl (C=O) groups excluding carboxylic acids is 1. The highest BCUT2D eigenvalue weighted by Crippen LogP contribution is 2.32. The zero-order chi connectivity index (χ0) is 20.5. The van der Waals surface area contributed by atoms with Crippen molar-refractivity contribution in [1.29, 1.82) is 0 Å². The monoisotopic (exact) mass is 406 g/mol. The van der Waals surface area contributed by atoms with Gasteiger partial charge >= 0.3 is 0 Å². The minimum absolute atomic E-state index is 0.00299. The third-order valence-electron chi connectivity index (χ3n) is 5.49. The molecule has 0 spiro atoms. The first-order valence-corrected chi connectivity index (χ1v) is 9.93. The van der Waals surface area contributed by atoms with E-state index in [1.807, 2.05) is 48.2 Å². The van der Waals surface area contributed by atoms with Gasteiger partial charge in [-0.2, -0.15) is 4.68 Å². The Hall–Kier alpha value is -3.46. The molecule has 1 fully saturated rings. The van der Waals surface area contributed by atoms with Crippen LogP contribution in [-0.2, 0) is 6.54 Å². The molecule has 154 valence electrons. The van der Waals surface area contributed by atoms with Gasteiger partial charge in [-0.3, -0.25) is 9.69 Å². The number of hydrogen-bond donors (Lipinski definition) is 0. The van der Waals surface area contributed by atoms with E-state index in [0.717, 1.165) is 31.1 Å². The van der Waals surface area contributed by atoms with Crippen molar-refractivity contribution >= 4 is 5.91 Å². The van der Waals surface area contributed by atoms with Crippen LogP contribution in [0.2, 0.25) is 0 Å². The summed E-state index contributed by atoms with van der Waals surface area (Å²) < 4.78 is 12.4. The number of rotatable bonds is 4. The number of piperazine rings is 1. The summed E-state index contributed by atoms with van der Waals surface area (Å²) in [6, 6.07) is 13.5. The molecular formula is C21H22N6O3. The van der Waals surface area contributed by atoms with Gasteiger partial charge in [0.15, 0.2) is 17.3 Å². The molecule has 9 nitrogen and oxygen atoms in total. The predicted molar refractivity (Wildman–Crippen MR) is 108 cm³/mol. The second-order valence-corrected chi connectivity index (χ2v) is 7.41. The quantitative estimate of drug-likeness (QED) is 0.651. The van der Waals surface area contributed by atoms with Gasteiger partial charge in [0.1, 0.15) is 0 Å². The Morgan fingerprint density at radius 1 is 1.03 bits per heavy atom. The Morgan fingerprint density at radius 3 is 2.63 bits per heavy atom. The van der Waals surface area contributed by atoms with Gasteiger partial charge in [0.2, 0.25) is 6.79 Å². The third kappa shape index (κ3) is 3.48. The number of hydrogen-bond acceptors (Lipinski definition) is 7. The van der Waals surface area contributed by atoms with Crippen molar-refractivity contribution in [2.45, 2.75) is 13.5 Å². The van der Waals surface area contributed by atoms with E-state index in [2.05, 4.69) is 26.5 Å². The van der Waals surface area contributed by atoms with Crippen molar-refractivity contribution in [2.75, 3.05) is 33.0 Å². The van der Waals surface area contributed by atoms with Gasteiger partial charge in [-0.1, -0.05) is 18.2 Å². The SMILES string of the molecule is Cc1nnnn1-c1ccccc1C(=O)N1CCN(Cc2ccc3c(c2)OCO3)CC1. The van der Waals surface area contributed by atoms with Gasteiger partial charge in [0.25, 0.3) is 5.91 Å². The summed E-state index contributed by atoms with van der Waals surface area (Å²) in [6.45, 7) is 5.89. The third-order valence-corrected chi connectivity index (χ3v) is 5.49. The minimum Gasteiger partial charge on any atom is -0.454 e. The first kappa shape index (κ1) is 18.6. The normalized spacial score (nSPS) is 16.1. The number of para-hydroxylation sites is 1. The van der Waals surface area contributed by atoms with Crippen molar-refractivity contribution in [3.63, 3.8) is 0 Å². The highest BCUT2D eigenvalue weighted by Gasteiger charge is 2.25. The molecular weight excluding hydrogens is 384 g/mol. The van der Waals surface area contributed by atoms with Crippen LogP contribution in [0, 0.1) is 6.92 Å². The smallest absolute Gasteiger partial charge is 0.256 e. The van der Waals surface area contributed by atoms with Crippen molar-refractivity contribution in [2.24, 2.45) is 0 Å². The van der Waals surface area contributed by atoms with Gasteiger partial charge in [0.05, 0.1) is 11.3 Å². The summed E-state index contributed by atoms with van der Waals surface area (Å²) >= 11 is 0. The van der Waals surface area contributed by atoms with E-state index in [-0.39, 0.29) is 12.7 Å². The zero-order valence-corrected chi connectivity index (χ0v) is 16.7. The number of benzene rings is 2. The Morgan fingerprint density at radius 2 is 1.83 bits per heavy atom. The van der Waals surface area contributed by atoms with Crippen molar-refractivity contribution in [3.05, 3.63) is 59.4 Å². The number of fused-ring (bicyclic) bond motifs is 1. The Kier molecular flexibility index (Phi) is 4.80. The van der Waals surface area contributed by atoms with Crippen LogP contribution >= 0.6 is 0 Å². The molecule has 0 saturated carbocycles. The Balaban J connectivity index is 1.25. The molecule has 1 amide bonds. The van der Waals surface area contributed by atoms with Crippen molar-refractivity contribution in [3.8, 4) is 17.2 Å². The Bertz CT molecular complexity index is 1070. The summed E-state index contributed by atoms with van der Waals surface area (Å²) in [7, 11) is 0. The number of amides is 1. The van der Waals surface area contributed by atoms with Crippen LogP contribution in [0.3, 0.4) is 0 Å². The maximum absolute atomic E-state index is 13.2. The van der Waals surface area contributed by atoms with E-state index in [1.54, 1.807) is 4.68 Å². The molecule has 30 heavy (non-hydrogen) atoms. The highest BCUT2D eigenvalue weighted by molar-refractivity contribution is 5.97. The fraction of sp³-hybridized carbons (Fsp3) is 0.333. The first-order chi connectivity index (χ1) is 14.7. The van der Waals surface area contributed by atoms with Crippen LogP contribution in [0.15, 0.2) is 42.5 Å². The number of aryl methyl sites for hydroxylation is 1. The number of nitrogens with zero attached hydrogens (tertiary/aromatic N) is 6. The Labute approximate surface area is 173 Å². The molecule has 1 saturated heterocycles. The molecule has 0 bridgehead atoms. The molecule has 0 atom stereocenters. The molecule has 0 unspecified atom stereocenters. The maximum Gasteiger partial charge on any atom is 0.256 e. The molecule has 0 N–H and O–H groups in total. The average molecular weight is 406 g/mol.